The molecule has 0 heterocycles. The number of rotatable bonds is 4. The molecular formula is C10H22Mo2N4S9. The van der Waals surface area contributed by atoms with Gasteiger partial charge in [-0.2, -0.15) is 0 Å². The summed E-state index contributed by atoms with van der Waals surface area (Å²) < 4.78 is 0.333. The van der Waals surface area contributed by atoms with Crippen LogP contribution in [0.5, 0.6) is 0 Å². The van der Waals surface area contributed by atoms with Gasteiger partial charge in [0, 0.05) is 0 Å². The molecule has 15 heteroatoms. The molecule has 0 radical (unpaired) electrons. The van der Waals surface area contributed by atoms with Crippen LogP contribution in [-0.4, -0.2) is 17.3 Å². The molecule has 0 aromatic rings. The second-order valence-corrected chi connectivity index (χ2v) is 10.8. The van der Waals surface area contributed by atoms with E-state index in [2.05, 4.69) is 146 Å². The van der Waals surface area contributed by atoms with Gasteiger partial charge in [-0.25, -0.2) is 0 Å². The zero-order chi connectivity index (χ0) is 21.8. The van der Waals surface area contributed by atoms with E-state index in [9.17, 15) is 0 Å². The Morgan fingerprint density at radius 1 is 0.760 bits per heavy atom. The van der Waals surface area contributed by atoms with Crippen molar-refractivity contribution < 1.29 is 36.6 Å². The Morgan fingerprint density at radius 3 is 1.08 bits per heavy atom. The molecule has 0 atom stereocenters. The zero-order valence-corrected chi connectivity index (χ0v) is 25.0. The van der Waals surface area contributed by atoms with Crippen molar-refractivity contribution in [2.75, 3.05) is 0 Å². The van der Waals surface area contributed by atoms with Gasteiger partial charge in [0.25, 0.3) is 0 Å². The standard InChI is InChI=1S/C4H9.C2H5.4CH3NS2.2Mo.S/c1-3-4-2;1-2;4*2-1(3)4;;;/h1,3-4H2,2H3;1H2,2H3;4*(H3,2,3,4);;;/q;;;;;;2*+2;/p-4. The molecule has 0 aromatic carbocycles. The first kappa shape index (κ1) is 41.4. The fraction of sp³-hybridized carbons (Fsp3) is 0.600. The van der Waals surface area contributed by atoms with Crippen molar-refractivity contribution in [1.82, 2.24) is 0 Å². The van der Waals surface area contributed by atoms with E-state index >= 15 is 0 Å². The van der Waals surface area contributed by atoms with Gasteiger partial charge < -0.3 is 122 Å². The maximum absolute atomic E-state index is 4.66. The summed E-state index contributed by atoms with van der Waals surface area (Å²) in [5, 5.41) is 0. The molecule has 0 aromatic heterocycles. The Hall–Kier alpha value is 2.04. The van der Waals surface area contributed by atoms with E-state index < -0.39 is 0 Å². The summed E-state index contributed by atoms with van der Waals surface area (Å²) in [7, 11) is 4.09. The molecule has 0 aliphatic rings. The molecule has 25 heavy (non-hydrogen) atoms. The van der Waals surface area contributed by atoms with Crippen LogP contribution < -0.4 is 22.9 Å². The van der Waals surface area contributed by atoms with E-state index in [1.54, 1.807) is 4.81 Å². The summed E-state index contributed by atoms with van der Waals surface area (Å²) in [5.41, 5.74) is 18.6. The van der Waals surface area contributed by atoms with Crippen LogP contribution in [0.15, 0.2) is 0 Å². The van der Waals surface area contributed by atoms with Crippen LogP contribution in [-0.2, 0) is 87.1 Å². The Bertz CT molecular complexity index is 255. The normalized spacial score (nSPS) is 6.44. The van der Waals surface area contributed by atoms with Crippen molar-refractivity contribution in [3.8, 4) is 0 Å². The third kappa shape index (κ3) is 413. The van der Waals surface area contributed by atoms with E-state index in [0.29, 0.717) is 18.6 Å². The predicted octanol–water partition coefficient (Wildman–Crippen LogP) is 2.48. The molecule has 0 amide bonds. The van der Waals surface area contributed by atoms with Crippen LogP contribution >= 0.6 is 58.7 Å². The van der Waals surface area contributed by atoms with Gasteiger partial charge in [0.15, 0.2) is 0 Å². The number of hydrogen-bond donors (Lipinski definition) is 4. The molecule has 8 N–H and O–H groups in total. The maximum atomic E-state index is 4.66. The van der Waals surface area contributed by atoms with Gasteiger partial charge in [-0.05, 0) is 0 Å². The Balaban J connectivity index is -0.0000000450. The predicted molar refractivity (Wildman–Crippen MR) is 134 cm³/mol. The first-order chi connectivity index (χ1) is 11.3. The Kier molecular flexibility index (Phi) is 74.6. The summed E-state index contributed by atoms with van der Waals surface area (Å²) in [5.74, 6) is 0. The molecule has 0 bridgehead atoms. The van der Waals surface area contributed by atoms with Crippen molar-refractivity contribution in [1.29, 1.82) is 0 Å². The quantitative estimate of drug-likeness (QED) is 0.152. The van der Waals surface area contributed by atoms with Crippen LogP contribution in [0.3, 0.4) is 0 Å². The van der Waals surface area contributed by atoms with Crippen LogP contribution in [0.2, 0.25) is 9.62 Å². The van der Waals surface area contributed by atoms with E-state index in [4.69, 9.17) is 0 Å². The van der Waals surface area contributed by atoms with Crippen molar-refractivity contribution in [2.45, 2.75) is 36.3 Å². The molecule has 0 spiro atoms. The summed E-state index contributed by atoms with van der Waals surface area (Å²) in [6.45, 7) is 4.57. The van der Waals surface area contributed by atoms with Gasteiger partial charge in [-0.3, -0.25) is 0 Å². The number of nitrogens with two attached hydrogens (primary N) is 4. The van der Waals surface area contributed by atoms with E-state index in [-0.39, 0.29) is 17.3 Å². The van der Waals surface area contributed by atoms with Crippen molar-refractivity contribution in [3.63, 3.8) is 0 Å². The second kappa shape index (κ2) is 45.0. The van der Waals surface area contributed by atoms with E-state index in [1.807, 2.05) is 0 Å². The van der Waals surface area contributed by atoms with Gasteiger partial charge in [0.1, 0.15) is 0 Å². The first-order valence-corrected chi connectivity index (χ1v) is 14.8. The monoisotopic (exact) mass is 682 g/mol. The molecule has 0 fully saturated rings. The van der Waals surface area contributed by atoms with Crippen LogP contribution in [0.4, 0.5) is 0 Å². The average molecular weight is 679 g/mol. The van der Waals surface area contributed by atoms with Gasteiger partial charge >= 0.3 is 82.7 Å². The van der Waals surface area contributed by atoms with E-state index in [0.717, 1.165) is 0 Å². The average Bonchev–Trinajstić information content (AvgIpc) is 2.39. The Morgan fingerprint density at radius 2 is 0.960 bits per heavy atom. The minimum absolute atomic E-state index is 0.0833. The number of unbranched alkanes of at least 4 members (excludes halogenated alkanes) is 1. The third-order valence-electron chi connectivity index (χ3n) is 0.846. The van der Waals surface area contributed by atoms with Gasteiger partial charge in [-0.1, -0.05) is 17.3 Å². The number of hydrogen-bond acceptors (Lipinski definition) is 9. The van der Waals surface area contributed by atoms with Crippen molar-refractivity contribution in [2.24, 2.45) is 22.9 Å². The SMILES string of the molecule is CCC[CH2][Mo+2][CH2]C.NC(=S)[S-].NC(=S)[S-].NC(=S)[S-].NC(=S)[S-].[S]=[Mo+2]. The van der Waals surface area contributed by atoms with Crippen LogP contribution in [0.1, 0.15) is 26.7 Å². The first-order valence-electron chi connectivity index (χ1n) is 5.95. The molecule has 4 nitrogen and oxygen atoms in total. The van der Waals surface area contributed by atoms with Gasteiger partial charge in [0.05, 0.1) is 0 Å². The summed E-state index contributed by atoms with van der Waals surface area (Å²) in [4.78, 5) is 3.06. The second-order valence-electron chi connectivity index (χ2n) is 2.83. The van der Waals surface area contributed by atoms with Gasteiger partial charge in [0.2, 0.25) is 0 Å². The fourth-order valence-electron chi connectivity index (χ4n) is 0.391. The number of thiocarbonyl (C=S) groups is 4. The molecule has 0 aliphatic carbocycles. The topological polar surface area (TPSA) is 104 Å². The molecular weight excluding hydrogens is 657 g/mol. The molecule has 0 aliphatic heterocycles. The van der Waals surface area contributed by atoms with Crippen molar-refractivity contribution in [3.05, 3.63) is 0 Å². The minimum atomic E-state index is 0.0833. The molecule has 0 unspecified atom stereocenters. The summed E-state index contributed by atoms with van der Waals surface area (Å²) in [6.07, 6.45) is 2.88. The summed E-state index contributed by atoms with van der Waals surface area (Å²) >= 11 is 35.0. The zero-order valence-electron chi connectivity index (χ0n) is 13.6. The fourth-order valence-corrected chi connectivity index (χ4v) is 2.31. The summed E-state index contributed by atoms with van der Waals surface area (Å²) in [6, 6.07) is 0. The van der Waals surface area contributed by atoms with Crippen LogP contribution in [0, 0.1) is 0 Å². The van der Waals surface area contributed by atoms with Crippen molar-refractivity contribution >= 4 is 126 Å². The van der Waals surface area contributed by atoms with Crippen LogP contribution in [0.25, 0.3) is 0 Å². The Labute approximate surface area is 219 Å². The molecule has 0 rings (SSSR count). The molecule has 148 valence electrons. The van der Waals surface area contributed by atoms with E-state index in [1.165, 1.54) is 35.6 Å². The third-order valence-corrected chi connectivity index (χ3v) is 3.27. The molecule has 0 saturated heterocycles. The molecule has 0 saturated carbocycles. The van der Waals surface area contributed by atoms with Gasteiger partial charge in [-0.15, -0.1) is 0 Å².